The van der Waals surface area contributed by atoms with Gasteiger partial charge in [-0.1, -0.05) is 12.1 Å². The molecular formula is C20H23N5O. The molecule has 0 bridgehead atoms. The van der Waals surface area contributed by atoms with Crippen molar-refractivity contribution < 1.29 is 0 Å². The summed E-state index contributed by atoms with van der Waals surface area (Å²) in [7, 11) is 1.85. The highest BCUT2D eigenvalue weighted by molar-refractivity contribution is 5.77. The number of aromatic nitrogens is 4. The van der Waals surface area contributed by atoms with Crippen LogP contribution in [0.4, 0.5) is 0 Å². The third-order valence-corrected chi connectivity index (χ3v) is 5.76. The molecule has 6 nitrogen and oxygen atoms in total. The largest absolute Gasteiger partial charge is 0.298 e. The first-order valence-electron chi connectivity index (χ1n) is 9.46. The summed E-state index contributed by atoms with van der Waals surface area (Å²) in [6, 6.07) is 10.0. The molecule has 134 valence electrons. The van der Waals surface area contributed by atoms with Gasteiger partial charge in [-0.25, -0.2) is 4.98 Å². The molecule has 26 heavy (non-hydrogen) atoms. The number of aryl methyl sites for hydroxylation is 2. The fourth-order valence-corrected chi connectivity index (χ4v) is 4.45. The van der Waals surface area contributed by atoms with E-state index in [1.54, 1.807) is 4.57 Å². The summed E-state index contributed by atoms with van der Waals surface area (Å²) in [5.41, 5.74) is 3.32. The van der Waals surface area contributed by atoms with Crippen LogP contribution in [0.3, 0.4) is 0 Å². The van der Waals surface area contributed by atoms with Gasteiger partial charge in [0.25, 0.3) is 5.56 Å². The van der Waals surface area contributed by atoms with E-state index in [0.717, 1.165) is 55.9 Å². The van der Waals surface area contributed by atoms with Gasteiger partial charge in [0.2, 0.25) is 0 Å². The van der Waals surface area contributed by atoms with Gasteiger partial charge >= 0.3 is 0 Å². The Labute approximate surface area is 152 Å². The van der Waals surface area contributed by atoms with E-state index < -0.39 is 0 Å². The average Bonchev–Trinajstić information content (AvgIpc) is 3.35. The molecule has 5 rings (SSSR count). The number of hydrogen-bond acceptors (Lipinski definition) is 4. The topological polar surface area (TPSA) is 56.0 Å². The van der Waals surface area contributed by atoms with Crippen LogP contribution < -0.4 is 5.56 Å². The zero-order chi connectivity index (χ0) is 17.7. The van der Waals surface area contributed by atoms with Crippen molar-refractivity contribution in [2.45, 2.75) is 44.8 Å². The van der Waals surface area contributed by atoms with Crippen LogP contribution in [-0.2, 0) is 26.6 Å². The van der Waals surface area contributed by atoms with Gasteiger partial charge in [-0.15, -0.1) is 0 Å². The second kappa shape index (κ2) is 6.06. The lowest BCUT2D eigenvalue weighted by atomic mass is 10.1. The van der Waals surface area contributed by atoms with E-state index >= 15 is 0 Å². The lowest BCUT2D eigenvalue weighted by molar-refractivity contribution is 0.231. The van der Waals surface area contributed by atoms with Crippen molar-refractivity contribution in [1.82, 2.24) is 24.2 Å². The fraction of sp³-hybridized carbons (Fsp3) is 0.450. The van der Waals surface area contributed by atoms with E-state index in [2.05, 4.69) is 15.6 Å². The minimum Gasteiger partial charge on any atom is -0.298 e. The van der Waals surface area contributed by atoms with Crippen LogP contribution in [0.1, 0.15) is 42.5 Å². The van der Waals surface area contributed by atoms with Crippen molar-refractivity contribution in [2.75, 3.05) is 6.54 Å². The number of benzene rings is 1. The van der Waals surface area contributed by atoms with Crippen molar-refractivity contribution in [3.63, 3.8) is 0 Å². The zero-order valence-electron chi connectivity index (χ0n) is 15.1. The molecule has 1 aromatic carbocycles. The molecule has 3 aromatic rings. The molecule has 0 saturated carbocycles. The molecule has 1 saturated heterocycles. The van der Waals surface area contributed by atoms with Crippen LogP contribution in [0.15, 0.2) is 35.1 Å². The minimum atomic E-state index is 0.0402. The van der Waals surface area contributed by atoms with Crippen molar-refractivity contribution in [1.29, 1.82) is 0 Å². The van der Waals surface area contributed by atoms with Gasteiger partial charge in [0.1, 0.15) is 5.82 Å². The lowest BCUT2D eigenvalue weighted by Gasteiger charge is -2.24. The predicted molar refractivity (Wildman–Crippen MR) is 99.9 cm³/mol. The molecule has 4 heterocycles. The first-order valence-corrected chi connectivity index (χ1v) is 9.46. The Balaban J connectivity index is 1.49. The lowest BCUT2D eigenvalue weighted by Crippen LogP contribution is -2.30. The maximum Gasteiger partial charge on any atom is 0.261 e. The second-order valence-electron chi connectivity index (χ2n) is 7.43. The smallest absolute Gasteiger partial charge is 0.261 e. The van der Waals surface area contributed by atoms with Gasteiger partial charge in [0, 0.05) is 25.8 Å². The predicted octanol–water partition coefficient (Wildman–Crippen LogP) is 2.41. The zero-order valence-corrected chi connectivity index (χ0v) is 15.1. The summed E-state index contributed by atoms with van der Waals surface area (Å²) in [5.74, 6) is 0.873. The molecule has 0 N–H and O–H groups in total. The Bertz CT molecular complexity index is 1010. The molecule has 0 amide bonds. The second-order valence-corrected chi connectivity index (χ2v) is 7.43. The highest BCUT2D eigenvalue weighted by atomic mass is 16.1. The molecule has 1 unspecified atom stereocenters. The van der Waals surface area contributed by atoms with Crippen molar-refractivity contribution >= 4 is 10.9 Å². The molecule has 1 fully saturated rings. The van der Waals surface area contributed by atoms with Crippen LogP contribution in [0.25, 0.3) is 10.9 Å². The molecule has 1 atom stereocenters. The Morgan fingerprint density at radius 2 is 2.08 bits per heavy atom. The summed E-state index contributed by atoms with van der Waals surface area (Å²) in [4.78, 5) is 20.0. The first-order chi connectivity index (χ1) is 12.7. The molecule has 2 aliphatic rings. The Morgan fingerprint density at radius 1 is 1.19 bits per heavy atom. The van der Waals surface area contributed by atoms with Crippen LogP contribution in [0.2, 0.25) is 0 Å². The quantitative estimate of drug-likeness (QED) is 0.729. The fourth-order valence-electron chi connectivity index (χ4n) is 4.45. The maximum atomic E-state index is 12.8. The van der Waals surface area contributed by atoms with Crippen molar-refractivity contribution in [3.05, 3.63) is 57.9 Å². The van der Waals surface area contributed by atoms with E-state index in [1.807, 2.05) is 31.3 Å². The van der Waals surface area contributed by atoms with Gasteiger partial charge in [0.05, 0.1) is 22.6 Å². The molecular weight excluding hydrogens is 326 g/mol. The number of fused-ring (bicyclic) bond motifs is 2. The maximum absolute atomic E-state index is 12.8. The molecule has 0 spiro atoms. The number of rotatable bonds is 3. The third kappa shape index (κ3) is 2.48. The minimum absolute atomic E-state index is 0.0402. The van der Waals surface area contributed by atoms with Gasteiger partial charge in [-0.05, 0) is 50.4 Å². The molecule has 0 aliphatic carbocycles. The monoisotopic (exact) mass is 349 g/mol. The number of hydrogen-bond donors (Lipinski definition) is 0. The van der Waals surface area contributed by atoms with Gasteiger partial charge in [-0.3, -0.25) is 18.9 Å². The van der Waals surface area contributed by atoms with Crippen molar-refractivity contribution in [3.8, 4) is 0 Å². The van der Waals surface area contributed by atoms with Gasteiger partial charge < -0.3 is 0 Å². The van der Waals surface area contributed by atoms with Crippen molar-refractivity contribution in [2.24, 2.45) is 7.05 Å². The summed E-state index contributed by atoms with van der Waals surface area (Å²) in [6.07, 6.45) is 4.50. The van der Waals surface area contributed by atoms with Crippen LogP contribution in [0.5, 0.6) is 0 Å². The normalized spacial score (nSPS) is 20.1. The molecule has 2 aliphatic heterocycles. The average molecular weight is 349 g/mol. The van der Waals surface area contributed by atoms with E-state index in [4.69, 9.17) is 10.1 Å². The number of para-hydroxylation sites is 1. The molecule has 6 heteroatoms. The Hall–Kier alpha value is -2.47. The van der Waals surface area contributed by atoms with Gasteiger partial charge in [0.15, 0.2) is 0 Å². The Kier molecular flexibility index (Phi) is 3.67. The Morgan fingerprint density at radius 3 is 2.96 bits per heavy atom. The highest BCUT2D eigenvalue weighted by Crippen LogP contribution is 2.32. The van der Waals surface area contributed by atoms with Crippen LogP contribution >= 0.6 is 0 Å². The van der Waals surface area contributed by atoms with E-state index in [9.17, 15) is 4.79 Å². The van der Waals surface area contributed by atoms with Crippen LogP contribution in [-0.4, -0.2) is 30.8 Å². The van der Waals surface area contributed by atoms with Crippen LogP contribution in [0, 0.1) is 0 Å². The molecule has 2 aromatic heterocycles. The molecule has 0 radical (unpaired) electrons. The summed E-state index contributed by atoms with van der Waals surface area (Å²) in [6.45, 7) is 2.89. The standard InChI is InChI=1S/C20H23N5O/c1-23-19(21-17-8-3-2-7-16(17)20(23)26)18-9-5-10-24(18)13-14-12-15-6-4-11-25(15)22-14/h2-3,7-8,12,18H,4-6,9-11,13H2,1H3. The van der Waals surface area contributed by atoms with E-state index in [0.29, 0.717) is 5.39 Å². The summed E-state index contributed by atoms with van der Waals surface area (Å²) >= 11 is 0. The number of likely N-dealkylation sites (tertiary alicyclic amines) is 1. The third-order valence-electron chi connectivity index (χ3n) is 5.76. The SMILES string of the molecule is Cn1c(C2CCCN2Cc2cc3n(n2)CCC3)nc2ccccc2c1=O. The highest BCUT2D eigenvalue weighted by Gasteiger charge is 2.30. The first kappa shape index (κ1) is 15.8. The summed E-state index contributed by atoms with van der Waals surface area (Å²) < 4.78 is 3.88. The van der Waals surface area contributed by atoms with E-state index in [1.165, 1.54) is 12.1 Å². The van der Waals surface area contributed by atoms with Gasteiger partial charge in [-0.2, -0.15) is 5.10 Å². The van der Waals surface area contributed by atoms with E-state index in [-0.39, 0.29) is 11.6 Å². The summed E-state index contributed by atoms with van der Waals surface area (Å²) in [5, 5.41) is 5.45. The number of nitrogens with zero attached hydrogens (tertiary/aromatic N) is 5.